The minimum absolute atomic E-state index is 0.356. The first-order chi connectivity index (χ1) is 12.9. The fourth-order valence-electron chi connectivity index (χ4n) is 2.61. The van der Waals surface area contributed by atoms with E-state index in [4.69, 9.17) is 0 Å². The van der Waals surface area contributed by atoms with Gasteiger partial charge in [0.1, 0.15) is 5.82 Å². The van der Waals surface area contributed by atoms with Crippen molar-refractivity contribution in [3.8, 4) is 11.3 Å². The van der Waals surface area contributed by atoms with Gasteiger partial charge >= 0.3 is 6.18 Å². The largest absolute Gasteiger partial charge is 0.416 e. The van der Waals surface area contributed by atoms with E-state index in [0.717, 1.165) is 12.1 Å². The van der Waals surface area contributed by atoms with Crippen molar-refractivity contribution in [2.45, 2.75) is 6.18 Å². The summed E-state index contributed by atoms with van der Waals surface area (Å²) in [7, 11) is 0. The molecule has 0 unspecified atom stereocenters. The van der Waals surface area contributed by atoms with Gasteiger partial charge < -0.3 is 5.32 Å². The van der Waals surface area contributed by atoms with E-state index in [-0.39, 0.29) is 0 Å². The number of benzene rings is 1. The van der Waals surface area contributed by atoms with Crippen molar-refractivity contribution >= 4 is 33.1 Å². The van der Waals surface area contributed by atoms with Crippen LogP contribution in [0.2, 0.25) is 0 Å². The SMILES string of the molecule is FC(F)(F)c1cccc(-c2cc(Nc3cccnc3)n3ncc(Br)c3n2)c1. The lowest BCUT2D eigenvalue weighted by Gasteiger charge is -2.12. The molecule has 1 N–H and O–H groups in total. The van der Waals surface area contributed by atoms with Crippen LogP contribution in [0, 0.1) is 0 Å². The van der Waals surface area contributed by atoms with Gasteiger partial charge in [-0.05, 0) is 40.2 Å². The molecule has 0 saturated heterocycles. The summed E-state index contributed by atoms with van der Waals surface area (Å²) in [5, 5.41) is 7.42. The average molecular weight is 434 g/mol. The summed E-state index contributed by atoms with van der Waals surface area (Å²) in [5.41, 5.74) is 1.22. The van der Waals surface area contributed by atoms with Gasteiger partial charge in [0.15, 0.2) is 5.65 Å². The highest BCUT2D eigenvalue weighted by atomic mass is 79.9. The third-order valence-electron chi connectivity index (χ3n) is 3.85. The van der Waals surface area contributed by atoms with Crippen LogP contribution in [0.5, 0.6) is 0 Å². The van der Waals surface area contributed by atoms with Crippen molar-refractivity contribution < 1.29 is 13.2 Å². The normalized spacial score (nSPS) is 11.7. The Kier molecular flexibility index (Phi) is 4.31. The number of hydrogen-bond donors (Lipinski definition) is 1. The zero-order valence-corrected chi connectivity index (χ0v) is 15.2. The Hall–Kier alpha value is -2.94. The maximum Gasteiger partial charge on any atom is 0.416 e. The molecule has 0 aliphatic heterocycles. The molecule has 136 valence electrons. The second kappa shape index (κ2) is 6.66. The number of pyridine rings is 1. The number of anilines is 2. The molecule has 0 fully saturated rings. The van der Waals surface area contributed by atoms with E-state index in [0.29, 0.717) is 32.9 Å². The fourth-order valence-corrected chi connectivity index (χ4v) is 2.96. The molecule has 0 aliphatic rings. The standard InChI is InChI=1S/C18H11BrF3N5/c19-14-10-24-27-16(25-13-5-2-6-23-9-13)8-15(26-17(14)27)11-3-1-4-12(7-11)18(20,21)22/h1-10,25H. The van der Waals surface area contributed by atoms with Crippen LogP contribution in [0.3, 0.4) is 0 Å². The Bertz CT molecular complexity index is 1110. The van der Waals surface area contributed by atoms with Gasteiger partial charge in [-0.25, -0.2) is 4.98 Å². The van der Waals surface area contributed by atoms with Crippen molar-refractivity contribution in [3.63, 3.8) is 0 Å². The Morgan fingerprint density at radius 1 is 1.04 bits per heavy atom. The summed E-state index contributed by atoms with van der Waals surface area (Å²) in [6, 6.07) is 10.3. The monoisotopic (exact) mass is 433 g/mol. The molecule has 4 rings (SSSR count). The molecule has 5 nitrogen and oxygen atoms in total. The predicted octanol–water partition coefficient (Wildman–Crippen LogP) is 5.32. The summed E-state index contributed by atoms with van der Waals surface area (Å²) in [6.45, 7) is 0. The highest BCUT2D eigenvalue weighted by molar-refractivity contribution is 9.10. The number of hydrogen-bond acceptors (Lipinski definition) is 4. The Balaban J connectivity index is 1.86. The third kappa shape index (κ3) is 3.50. The van der Waals surface area contributed by atoms with Crippen molar-refractivity contribution in [1.82, 2.24) is 19.6 Å². The lowest BCUT2D eigenvalue weighted by molar-refractivity contribution is -0.137. The van der Waals surface area contributed by atoms with Gasteiger partial charge in [-0.3, -0.25) is 4.98 Å². The lowest BCUT2D eigenvalue weighted by Crippen LogP contribution is -2.05. The van der Waals surface area contributed by atoms with Crippen LogP contribution < -0.4 is 5.32 Å². The first-order valence-corrected chi connectivity index (χ1v) is 8.60. The van der Waals surface area contributed by atoms with Gasteiger partial charge in [0.25, 0.3) is 0 Å². The number of fused-ring (bicyclic) bond motifs is 1. The molecular formula is C18H11BrF3N5. The second-order valence-electron chi connectivity index (χ2n) is 5.70. The van der Waals surface area contributed by atoms with Crippen molar-refractivity contribution in [1.29, 1.82) is 0 Å². The molecule has 4 aromatic rings. The maximum atomic E-state index is 13.1. The van der Waals surface area contributed by atoms with E-state index in [1.807, 2.05) is 6.07 Å². The van der Waals surface area contributed by atoms with Crippen LogP contribution in [0.25, 0.3) is 16.9 Å². The molecule has 3 aromatic heterocycles. The quantitative estimate of drug-likeness (QED) is 0.475. The van der Waals surface area contributed by atoms with Crippen molar-refractivity contribution in [2.24, 2.45) is 0 Å². The molecule has 0 aliphatic carbocycles. The fraction of sp³-hybridized carbons (Fsp3) is 0.0556. The zero-order chi connectivity index (χ0) is 19.0. The number of aromatic nitrogens is 4. The average Bonchev–Trinajstić information content (AvgIpc) is 3.03. The molecule has 0 saturated carbocycles. The Morgan fingerprint density at radius 3 is 2.63 bits per heavy atom. The predicted molar refractivity (Wildman–Crippen MR) is 98.6 cm³/mol. The second-order valence-corrected chi connectivity index (χ2v) is 6.55. The van der Waals surface area contributed by atoms with Gasteiger partial charge in [0, 0.05) is 17.8 Å². The molecular weight excluding hydrogens is 423 g/mol. The van der Waals surface area contributed by atoms with E-state index in [1.54, 1.807) is 41.3 Å². The van der Waals surface area contributed by atoms with Crippen LogP contribution in [-0.2, 0) is 6.18 Å². The smallest absolute Gasteiger partial charge is 0.339 e. The van der Waals surface area contributed by atoms with E-state index in [9.17, 15) is 13.2 Å². The first-order valence-electron chi connectivity index (χ1n) is 7.81. The maximum absolute atomic E-state index is 13.1. The first kappa shape index (κ1) is 17.5. The van der Waals surface area contributed by atoms with Gasteiger partial charge in [-0.2, -0.15) is 22.8 Å². The molecule has 0 bridgehead atoms. The number of rotatable bonds is 3. The summed E-state index contributed by atoms with van der Waals surface area (Å²) >= 11 is 3.37. The van der Waals surface area contributed by atoms with Crippen LogP contribution >= 0.6 is 15.9 Å². The number of nitrogens with one attached hydrogen (secondary N) is 1. The topological polar surface area (TPSA) is 55.1 Å². The minimum Gasteiger partial charge on any atom is -0.339 e. The van der Waals surface area contributed by atoms with Crippen molar-refractivity contribution in [3.05, 3.63) is 71.1 Å². The van der Waals surface area contributed by atoms with Crippen LogP contribution in [0.15, 0.2) is 65.5 Å². The molecule has 0 radical (unpaired) electrons. The zero-order valence-electron chi connectivity index (χ0n) is 13.6. The van der Waals surface area contributed by atoms with E-state index in [2.05, 4.69) is 36.3 Å². The van der Waals surface area contributed by atoms with Crippen LogP contribution in [0.4, 0.5) is 24.7 Å². The van der Waals surface area contributed by atoms with E-state index < -0.39 is 11.7 Å². The van der Waals surface area contributed by atoms with Crippen molar-refractivity contribution in [2.75, 3.05) is 5.32 Å². The summed E-state index contributed by atoms with van der Waals surface area (Å²) in [6.07, 6.45) is 0.432. The van der Waals surface area contributed by atoms with Gasteiger partial charge in [0.05, 0.1) is 33.8 Å². The molecule has 0 amide bonds. The van der Waals surface area contributed by atoms with Crippen LogP contribution in [-0.4, -0.2) is 19.6 Å². The number of alkyl halides is 3. The van der Waals surface area contributed by atoms with Gasteiger partial charge in [-0.1, -0.05) is 12.1 Å². The number of nitrogens with zero attached hydrogens (tertiary/aromatic N) is 4. The van der Waals surface area contributed by atoms with E-state index in [1.165, 1.54) is 6.07 Å². The Morgan fingerprint density at radius 2 is 1.89 bits per heavy atom. The minimum atomic E-state index is -4.42. The molecule has 0 atom stereocenters. The molecule has 27 heavy (non-hydrogen) atoms. The van der Waals surface area contributed by atoms with Gasteiger partial charge in [-0.15, -0.1) is 0 Å². The van der Waals surface area contributed by atoms with Crippen LogP contribution in [0.1, 0.15) is 5.56 Å². The lowest BCUT2D eigenvalue weighted by atomic mass is 10.1. The third-order valence-corrected chi connectivity index (χ3v) is 4.41. The highest BCUT2D eigenvalue weighted by Crippen LogP contribution is 2.33. The number of halogens is 4. The molecule has 3 heterocycles. The molecule has 0 spiro atoms. The van der Waals surface area contributed by atoms with E-state index >= 15 is 0 Å². The summed E-state index contributed by atoms with van der Waals surface area (Å²) in [5.74, 6) is 0.547. The summed E-state index contributed by atoms with van der Waals surface area (Å²) < 4.78 is 41.4. The highest BCUT2D eigenvalue weighted by Gasteiger charge is 2.30. The van der Waals surface area contributed by atoms with Gasteiger partial charge in [0.2, 0.25) is 0 Å². The molecule has 9 heteroatoms. The molecule has 1 aromatic carbocycles. The Labute approximate surface area is 160 Å². The summed E-state index contributed by atoms with van der Waals surface area (Å²) in [4.78, 5) is 8.50.